The number of carbonyl (C=O) groups excluding carboxylic acids is 1. The summed E-state index contributed by atoms with van der Waals surface area (Å²) in [7, 11) is 0. The Balaban J connectivity index is 1.45. The van der Waals surface area contributed by atoms with E-state index in [9.17, 15) is 27.9 Å². The smallest absolute Gasteiger partial charge is 0.478 e. The van der Waals surface area contributed by atoms with Gasteiger partial charge in [-0.15, -0.1) is 13.2 Å². The molecule has 0 saturated carbocycles. The number of halogens is 3. The number of fused-ring (bicyclic) bond motifs is 3. The van der Waals surface area contributed by atoms with Gasteiger partial charge >= 0.3 is 12.3 Å². The van der Waals surface area contributed by atoms with E-state index in [1.54, 1.807) is 35.4 Å². The molecule has 0 radical (unpaired) electrons. The second-order valence-corrected chi connectivity index (χ2v) is 8.79. The van der Waals surface area contributed by atoms with Crippen LogP contribution in [0.2, 0.25) is 0 Å². The molecule has 0 fully saturated rings. The fraction of sp³-hybridized carbons (Fsp3) is 0.222. The number of amides is 1. The van der Waals surface area contributed by atoms with Crippen molar-refractivity contribution < 1.29 is 32.6 Å². The average Bonchev–Trinajstić information content (AvgIpc) is 3.16. The van der Waals surface area contributed by atoms with Crippen molar-refractivity contribution in [3.05, 3.63) is 94.8 Å². The molecule has 1 N–H and O–H groups in total. The summed E-state index contributed by atoms with van der Waals surface area (Å²) in [5, 5.41) is 10.4. The van der Waals surface area contributed by atoms with E-state index in [0.717, 1.165) is 16.6 Å². The summed E-state index contributed by atoms with van der Waals surface area (Å²) < 4.78 is 44.2. The van der Waals surface area contributed by atoms with Crippen LogP contribution in [0.25, 0.3) is 11.0 Å². The number of carboxylic acids is 1. The zero-order valence-electron chi connectivity index (χ0n) is 19.5. The molecule has 0 atom stereocenters. The number of ether oxygens (including phenoxy) is 1. The Kier molecular flexibility index (Phi) is 6.32. The molecule has 2 aromatic heterocycles. The highest BCUT2D eigenvalue weighted by Gasteiger charge is 2.31. The van der Waals surface area contributed by atoms with Crippen molar-refractivity contribution in [1.29, 1.82) is 0 Å². The predicted octanol–water partition coefficient (Wildman–Crippen LogP) is 4.81. The SMILES string of the molecule is O=C(O)c1ccccc1CC(=O)N1CCc2c(n(Cc3cccc(OC(F)(F)F)c3)c3ncccc23)C1. The number of carbonyl (C=O) groups is 2. The lowest BCUT2D eigenvalue weighted by Crippen LogP contribution is -2.37. The molecule has 7 nitrogen and oxygen atoms in total. The van der Waals surface area contributed by atoms with Gasteiger partial charge in [-0.2, -0.15) is 0 Å². The Hall–Kier alpha value is -4.34. The molecule has 0 saturated heterocycles. The number of alkyl halides is 3. The number of benzene rings is 2. The predicted molar refractivity (Wildman–Crippen MR) is 128 cm³/mol. The van der Waals surface area contributed by atoms with Crippen molar-refractivity contribution in [2.75, 3.05) is 6.54 Å². The quantitative estimate of drug-likeness (QED) is 0.403. The summed E-state index contributed by atoms with van der Waals surface area (Å²) >= 11 is 0. The van der Waals surface area contributed by atoms with Crippen LogP contribution in [0.15, 0.2) is 66.9 Å². The number of hydrogen-bond acceptors (Lipinski definition) is 4. The summed E-state index contributed by atoms with van der Waals surface area (Å²) in [4.78, 5) is 31.0. The van der Waals surface area contributed by atoms with E-state index in [4.69, 9.17) is 0 Å². The maximum atomic E-state index is 13.2. The lowest BCUT2D eigenvalue weighted by Gasteiger charge is -2.29. The summed E-state index contributed by atoms with van der Waals surface area (Å²) in [6, 6.07) is 16.0. The maximum Gasteiger partial charge on any atom is 0.573 e. The topological polar surface area (TPSA) is 84.7 Å². The lowest BCUT2D eigenvalue weighted by atomic mass is 10.0. The molecule has 0 unspecified atom stereocenters. The van der Waals surface area contributed by atoms with E-state index in [2.05, 4.69) is 9.72 Å². The first kappa shape index (κ1) is 24.4. The molecule has 0 aliphatic carbocycles. The fourth-order valence-electron chi connectivity index (χ4n) is 4.82. The van der Waals surface area contributed by atoms with Gasteiger partial charge in [0.05, 0.1) is 18.5 Å². The molecule has 1 aliphatic heterocycles. The van der Waals surface area contributed by atoms with Gasteiger partial charge in [0.2, 0.25) is 5.91 Å². The van der Waals surface area contributed by atoms with Crippen molar-refractivity contribution >= 4 is 22.9 Å². The van der Waals surface area contributed by atoms with Crippen LogP contribution in [-0.4, -0.2) is 44.3 Å². The van der Waals surface area contributed by atoms with Gasteiger partial charge in [-0.05, 0) is 53.4 Å². The van der Waals surface area contributed by atoms with Gasteiger partial charge in [-0.3, -0.25) is 4.79 Å². The van der Waals surface area contributed by atoms with E-state index in [1.807, 2.05) is 16.7 Å². The van der Waals surface area contributed by atoms with Crippen LogP contribution in [0.4, 0.5) is 13.2 Å². The van der Waals surface area contributed by atoms with Crippen LogP contribution in [0, 0.1) is 0 Å². The minimum absolute atomic E-state index is 0.0485. The number of hydrogen-bond donors (Lipinski definition) is 1. The van der Waals surface area contributed by atoms with Gasteiger partial charge in [0.25, 0.3) is 0 Å². The van der Waals surface area contributed by atoms with Gasteiger partial charge in [0, 0.05) is 30.4 Å². The molecule has 3 heterocycles. The molecule has 5 rings (SSSR count). The highest BCUT2D eigenvalue weighted by atomic mass is 19.4. The van der Waals surface area contributed by atoms with Gasteiger partial charge in [0.15, 0.2) is 0 Å². The molecule has 0 spiro atoms. The van der Waals surface area contributed by atoms with Gasteiger partial charge < -0.3 is 19.3 Å². The van der Waals surface area contributed by atoms with Crippen LogP contribution in [0.1, 0.15) is 32.7 Å². The maximum absolute atomic E-state index is 13.2. The largest absolute Gasteiger partial charge is 0.573 e. The standard InChI is InChI=1S/C27H22F3N3O4/c28-27(29,30)37-19-7-3-5-17(13-19)15-33-23-16-32(12-10-21(23)22-9-4-11-31-25(22)33)24(34)14-18-6-1-2-8-20(18)26(35)36/h1-9,11,13H,10,12,14-16H2,(H,35,36). The lowest BCUT2D eigenvalue weighted by molar-refractivity contribution is -0.274. The molecule has 4 aromatic rings. The van der Waals surface area contributed by atoms with Crippen LogP contribution in [0.3, 0.4) is 0 Å². The van der Waals surface area contributed by atoms with Crippen molar-refractivity contribution in [3.8, 4) is 5.75 Å². The molecular weight excluding hydrogens is 487 g/mol. The Labute approximate surface area is 209 Å². The first-order valence-corrected chi connectivity index (χ1v) is 11.6. The Bertz CT molecular complexity index is 1500. The van der Waals surface area contributed by atoms with E-state index < -0.39 is 12.3 Å². The summed E-state index contributed by atoms with van der Waals surface area (Å²) in [5.74, 6) is -1.60. The zero-order valence-corrected chi connectivity index (χ0v) is 19.5. The van der Waals surface area contributed by atoms with Crippen LogP contribution in [0.5, 0.6) is 5.75 Å². The van der Waals surface area contributed by atoms with Gasteiger partial charge in [-0.25, -0.2) is 9.78 Å². The molecule has 1 aliphatic rings. The Morgan fingerprint density at radius 1 is 1.05 bits per heavy atom. The van der Waals surface area contributed by atoms with Gasteiger partial charge in [-0.1, -0.05) is 30.3 Å². The number of aromatic nitrogens is 2. The molecule has 2 aromatic carbocycles. The highest BCUT2D eigenvalue weighted by molar-refractivity contribution is 5.92. The zero-order chi connectivity index (χ0) is 26.2. The summed E-state index contributed by atoms with van der Waals surface area (Å²) in [5.41, 5.74) is 3.69. The Morgan fingerprint density at radius 3 is 2.65 bits per heavy atom. The highest BCUT2D eigenvalue weighted by Crippen LogP contribution is 2.32. The molecule has 37 heavy (non-hydrogen) atoms. The Morgan fingerprint density at radius 2 is 1.86 bits per heavy atom. The van der Waals surface area contributed by atoms with Crippen molar-refractivity contribution in [2.24, 2.45) is 0 Å². The number of nitrogens with zero attached hydrogens (tertiary/aromatic N) is 3. The normalized spacial score (nSPS) is 13.4. The minimum Gasteiger partial charge on any atom is -0.478 e. The second-order valence-electron chi connectivity index (χ2n) is 8.79. The summed E-state index contributed by atoms with van der Waals surface area (Å²) in [6.07, 6.45) is -2.61. The monoisotopic (exact) mass is 509 g/mol. The van der Waals surface area contributed by atoms with E-state index >= 15 is 0 Å². The third-order valence-electron chi connectivity index (χ3n) is 6.43. The molecular formula is C27H22F3N3O4. The number of pyridine rings is 1. The first-order chi connectivity index (χ1) is 17.7. The molecule has 190 valence electrons. The van der Waals surface area contributed by atoms with Crippen LogP contribution in [-0.2, 0) is 30.7 Å². The van der Waals surface area contributed by atoms with Crippen LogP contribution < -0.4 is 4.74 Å². The van der Waals surface area contributed by atoms with Crippen molar-refractivity contribution in [2.45, 2.75) is 32.3 Å². The third kappa shape index (κ3) is 5.13. The third-order valence-corrected chi connectivity index (χ3v) is 6.43. The van der Waals surface area contributed by atoms with E-state index in [-0.39, 0.29) is 36.7 Å². The number of aromatic carboxylic acids is 1. The van der Waals surface area contributed by atoms with Crippen molar-refractivity contribution in [3.63, 3.8) is 0 Å². The molecule has 0 bridgehead atoms. The van der Waals surface area contributed by atoms with E-state index in [0.29, 0.717) is 29.7 Å². The minimum atomic E-state index is -4.79. The van der Waals surface area contributed by atoms with Gasteiger partial charge in [0.1, 0.15) is 11.4 Å². The average molecular weight is 509 g/mol. The fourth-order valence-corrected chi connectivity index (χ4v) is 4.82. The number of carboxylic acid groups (broad SMARTS) is 1. The first-order valence-electron chi connectivity index (χ1n) is 11.6. The van der Waals surface area contributed by atoms with Crippen molar-refractivity contribution in [1.82, 2.24) is 14.5 Å². The number of rotatable bonds is 6. The summed E-state index contributed by atoms with van der Waals surface area (Å²) in [6.45, 7) is 0.976. The molecule has 1 amide bonds. The molecule has 10 heteroatoms. The van der Waals surface area contributed by atoms with Crippen LogP contribution >= 0.6 is 0 Å². The second kappa shape index (κ2) is 9.61. The van der Waals surface area contributed by atoms with E-state index in [1.165, 1.54) is 24.3 Å².